The molecule has 0 aliphatic carbocycles. The second-order valence-electron chi connectivity index (χ2n) is 14.9. The van der Waals surface area contributed by atoms with Crippen molar-refractivity contribution in [3.05, 3.63) is 110 Å². The second-order valence-corrected chi connectivity index (χ2v) is 15.7. The third kappa shape index (κ3) is 10.9. The van der Waals surface area contributed by atoms with E-state index in [4.69, 9.17) is 37.8 Å². The number of morpholine rings is 1. The number of aryl methyl sites for hydroxylation is 1. The molecule has 0 bridgehead atoms. The largest absolute Gasteiger partial charge is 0.471 e. The molecule has 4 aromatic rings. The summed E-state index contributed by atoms with van der Waals surface area (Å²) in [5.74, 6) is 4.32. The van der Waals surface area contributed by atoms with Gasteiger partial charge in [-0.2, -0.15) is 18.3 Å². The standard InChI is InChI=1S/C42H44Cl2F3N5O4/c1-41(2,3)56-40(54)50-20-17-37-35(28-50)38(48-52(37)19-4-18-49-21-23-55-24-22-49)33-13-16-36(44)32(25-33)12-9-29-5-7-30(8-6-29)26-51(39(53)42(45,46)47)27-31-10-14-34(43)15-11-31/h5-8,10-11,13-16,25H,4,17-24,26-28H2,1-3H3. The molecule has 9 nitrogen and oxygen atoms in total. The number of hydrogen-bond acceptors (Lipinski definition) is 6. The van der Waals surface area contributed by atoms with Gasteiger partial charge in [-0.1, -0.05) is 65.4 Å². The Morgan fingerprint density at radius 3 is 2.20 bits per heavy atom. The molecule has 2 aliphatic heterocycles. The summed E-state index contributed by atoms with van der Waals surface area (Å²) in [5, 5.41) is 5.98. The Morgan fingerprint density at radius 1 is 0.893 bits per heavy atom. The Hall–Kier alpha value is -4.54. The van der Waals surface area contributed by atoms with Crippen molar-refractivity contribution in [2.24, 2.45) is 0 Å². The van der Waals surface area contributed by atoms with Crippen LogP contribution < -0.4 is 0 Å². The third-order valence-corrected chi connectivity index (χ3v) is 10.0. The van der Waals surface area contributed by atoms with E-state index in [0.29, 0.717) is 51.8 Å². The number of carbonyl (C=O) groups is 2. The average Bonchev–Trinajstić information content (AvgIpc) is 3.52. The molecule has 1 saturated heterocycles. The van der Waals surface area contributed by atoms with Crippen molar-refractivity contribution in [1.82, 2.24) is 24.5 Å². The minimum absolute atomic E-state index is 0.235. The van der Waals surface area contributed by atoms with Gasteiger partial charge in [0.15, 0.2) is 0 Å². The summed E-state index contributed by atoms with van der Waals surface area (Å²) in [6.07, 6.45) is -3.84. The quantitative estimate of drug-likeness (QED) is 0.158. The Morgan fingerprint density at radius 2 is 1.55 bits per heavy atom. The smallest absolute Gasteiger partial charge is 0.444 e. The highest BCUT2D eigenvalue weighted by atomic mass is 35.5. The summed E-state index contributed by atoms with van der Waals surface area (Å²) in [6.45, 7) is 10.9. The SMILES string of the molecule is CC(C)(C)OC(=O)N1CCc2c(c(-c3ccc(Cl)c(C#Cc4ccc(CN(Cc5ccc(Cl)cc5)C(=O)C(F)(F)F)cc4)c3)nn2CCCN2CCOCC2)C1. The third-order valence-electron chi connectivity index (χ3n) is 9.46. The molecule has 3 aromatic carbocycles. The van der Waals surface area contributed by atoms with Crippen LogP contribution in [0.1, 0.15) is 60.7 Å². The molecule has 2 amide bonds. The van der Waals surface area contributed by atoms with Crippen LogP contribution in [0.4, 0.5) is 18.0 Å². The zero-order valence-corrected chi connectivity index (χ0v) is 33.1. The van der Waals surface area contributed by atoms with E-state index in [-0.39, 0.29) is 19.2 Å². The normalized spacial score (nSPS) is 14.8. The van der Waals surface area contributed by atoms with Gasteiger partial charge >= 0.3 is 18.2 Å². The van der Waals surface area contributed by atoms with Gasteiger partial charge in [0, 0.05) is 85.2 Å². The van der Waals surface area contributed by atoms with Crippen molar-refractivity contribution in [3.63, 3.8) is 0 Å². The predicted molar refractivity (Wildman–Crippen MR) is 209 cm³/mol. The Labute approximate surface area is 335 Å². The lowest BCUT2D eigenvalue weighted by atomic mass is 9.99. The first-order valence-corrected chi connectivity index (χ1v) is 19.3. The molecule has 6 rings (SSSR count). The van der Waals surface area contributed by atoms with E-state index >= 15 is 0 Å². The molecule has 1 fully saturated rings. The number of benzene rings is 3. The minimum Gasteiger partial charge on any atom is -0.444 e. The summed E-state index contributed by atoms with van der Waals surface area (Å²) >= 11 is 12.6. The maximum atomic E-state index is 13.5. The molecule has 296 valence electrons. The second kappa shape index (κ2) is 17.7. The van der Waals surface area contributed by atoms with Gasteiger partial charge in [0.2, 0.25) is 0 Å². The zero-order chi connectivity index (χ0) is 40.0. The number of rotatable bonds is 9. The highest BCUT2D eigenvalue weighted by molar-refractivity contribution is 6.32. The number of alkyl halides is 3. The van der Waals surface area contributed by atoms with Crippen molar-refractivity contribution in [2.45, 2.75) is 71.6 Å². The van der Waals surface area contributed by atoms with Gasteiger partial charge in [0.1, 0.15) is 5.60 Å². The topological polar surface area (TPSA) is 80.1 Å². The highest BCUT2D eigenvalue weighted by Gasteiger charge is 2.42. The Kier molecular flexibility index (Phi) is 13.0. The molecule has 14 heteroatoms. The van der Waals surface area contributed by atoms with Crippen LogP contribution in [0.15, 0.2) is 66.7 Å². The van der Waals surface area contributed by atoms with Gasteiger partial charge < -0.3 is 19.3 Å². The lowest BCUT2D eigenvalue weighted by Gasteiger charge is -2.30. The van der Waals surface area contributed by atoms with E-state index in [9.17, 15) is 22.8 Å². The van der Waals surface area contributed by atoms with Crippen LogP contribution in [0, 0.1) is 11.8 Å². The fraction of sp³-hybridized carbons (Fsp3) is 0.405. The number of aromatic nitrogens is 2. The molecule has 0 N–H and O–H groups in total. The van der Waals surface area contributed by atoms with Gasteiger partial charge in [0.25, 0.3) is 0 Å². The summed E-state index contributed by atoms with van der Waals surface area (Å²) in [5.41, 5.74) is 5.17. The molecule has 2 aliphatic rings. The van der Waals surface area contributed by atoms with Gasteiger partial charge in [-0.3, -0.25) is 14.4 Å². The zero-order valence-electron chi connectivity index (χ0n) is 31.6. The van der Waals surface area contributed by atoms with Gasteiger partial charge in [-0.25, -0.2) is 4.79 Å². The van der Waals surface area contributed by atoms with Crippen molar-refractivity contribution < 1.29 is 32.2 Å². The van der Waals surface area contributed by atoms with E-state index in [1.54, 1.807) is 59.5 Å². The van der Waals surface area contributed by atoms with E-state index in [0.717, 1.165) is 73.2 Å². The Bertz CT molecular complexity index is 2080. The summed E-state index contributed by atoms with van der Waals surface area (Å²) in [4.78, 5) is 30.3. The van der Waals surface area contributed by atoms with Crippen LogP contribution in [-0.2, 0) is 46.9 Å². The predicted octanol–water partition coefficient (Wildman–Crippen LogP) is 8.36. The number of hydrogen-bond donors (Lipinski definition) is 0. The van der Waals surface area contributed by atoms with Crippen LogP contribution in [0.3, 0.4) is 0 Å². The fourth-order valence-corrected chi connectivity index (χ4v) is 6.96. The van der Waals surface area contributed by atoms with Crippen LogP contribution in [0.25, 0.3) is 11.3 Å². The van der Waals surface area contributed by atoms with Crippen LogP contribution >= 0.6 is 23.2 Å². The molecule has 0 saturated carbocycles. The van der Waals surface area contributed by atoms with Gasteiger partial charge in [0.05, 0.1) is 30.5 Å². The molecule has 56 heavy (non-hydrogen) atoms. The summed E-state index contributed by atoms with van der Waals surface area (Å²) in [7, 11) is 0. The van der Waals surface area contributed by atoms with Crippen molar-refractivity contribution in [2.75, 3.05) is 39.4 Å². The van der Waals surface area contributed by atoms with Crippen LogP contribution in [-0.4, -0.2) is 87.7 Å². The minimum atomic E-state index is -5.02. The van der Waals surface area contributed by atoms with Crippen molar-refractivity contribution in [3.8, 4) is 23.1 Å². The number of fused-ring (bicyclic) bond motifs is 1. The van der Waals surface area contributed by atoms with E-state index in [1.807, 2.05) is 32.9 Å². The molecule has 3 heterocycles. The number of carbonyl (C=O) groups excluding carboxylic acids is 2. The maximum absolute atomic E-state index is 13.5. The van der Waals surface area contributed by atoms with E-state index < -0.39 is 17.7 Å². The van der Waals surface area contributed by atoms with Gasteiger partial charge in [-0.05, 0) is 74.7 Å². The lowest BCUT2D eigenvalue weighted by molar-refractivity contribution is -0.186. The van der Waals surface area contributed by atoms with E-state index in [1.165, 1.54) is 0 Å². The first kappa shape index (κ1) is 41.1. The maximum Gasteiger partial charge on any atom is 0.471 e. The molecule has 0 unspecified atom stereocenters. The number of amides is 2. The monoisotopic (exact) mass is 809 g/mol. The lowest BCUT2D eigenvalue weighted by Crippen LogP contribution is -2.40. The van der Waals surface area contributed by atoms with Crippen LogP contribution in [0.5, 0.6) is 0 Å². The highest BCUT2D eigenvalue weighted by Crippen LogP contribution is 2.33. The molecular formula is C42H44Cl2F3N5O4. The number of halogens is 5. The molecule has 1 aromatic heterocycles. The molecule has 0 atom stereocenters. The summed E-state index contributed by atoms with van der Waals surface area (Å²) in [6, 6.07) is 18.5. The number of ether oxygens (including phenoxy) is 2. The summed E-state index contributed by atoms with van der Waals surface area (Å²) < 4.78 is 53.7. The van der Waals surface area contributed by atoms with E-state index in [2.05, 4.69) is 21.4 Å². The van der Waals surface area contributed by atoms with Gasteiger partial charge in [-0.15, -0.1) is 0 Å². The first-order valence-electron chi connectivity index (χ1n) is 18.5. The van der Waals surface area contributed by atoms with Crippen molar-refractivity contribution >= 4 is 35.2 Å². The van der Waals surface area contributed by atoms with Crippen LogP contribution in [0.2, 0.25) is 10.0 Å². The Balaban J connectivity index is 1.22. The van der Waals surface area contributed by atoms with Crippen molar-refractivity contribution in [1.29, 1.82) is 0 Å². The number of nitrogens with zero attached hydrogens (tertiary/aromatic N) is 5. The molecular weight excluding hydrogens is 766 g/mol. The molecule has 0 spiro atoms. The molecule has 0 radical (unpaired) electrons. The fourth-order valence-electron chi connectivity index (χ4n) is 6.67. The first-order chi connectivity index (χ1) is 26.6. The average molecular weight is 811 g/mol.